The van der Waals surface area contributed by atoms with Crippen LogP contribution in [0.3, 0.4) is 0 Å². The summed E-state index contributed by atoms with van der Waals surface area (Å²) >= 11 is 6.15. The third-order valence-electron chi connectivity index (χ3n) is 3.53. The largest absolute Gasteiger partial charge is 0.376 e. The highest BCUT2D eigenvalue weighted by atomic mass is 35.5. The van der Waals surface area contributed by atoms with Crippen LogP contribution in [0.2, 0.25) is 5.28 Å². The van der Waals surface area contributed by atoms with Crippen LogP contribution in [0.25, 0.3) is 0 Å². The van der Waals surface area contributed by atoms with Crippen LogP contribution in [-0.4, -0.2) is 27.5 Å². The summed E-state index contributed by atoms with van der Waals surface area (Å²) in [6.45, 7) is 7.15. The molecule has 0 radical (unpaired) electrons. The molecule has 1 aromatic rings. The van der Waals surface area contributed by atoms with E-state index in [0.717, 1.165) is 31.7 Å². The molecule has 2 heterocycles. The number of hydrogen-bond donors (Lipinski definition) is 0. The van der Waals surface area contributed by atoms with Crippen molar-refractivity contribution >= 4 is 11.6 Å². The molecule has 1 aliphatic heterocycles. The van der Waals surface area contributed by atoms with E-state index < -0.39 is 0 Å². The van der Waals surface area contributed by atoms with Crippen molar-refractivity contribution in [3.63, 3.8) is 0 Å². The second-order valence-corrected chi connectivity index (χ2v) is 4.93. The molecule has 0 amide bonds. The van der Waals surface area contributed by atoms with E-state index in [2.05, 4.69) is 35.5 Å². The Balaban J connectivity index is 2.41. The number of nitrogens with zero attached hydrogens (tertiary/aromatic N) is 3. The molecule has 2 atom stereocenters. The van der Waals surface area contributed by atoms with Gasteiger partial charge in [-0.2, -0.15) is 0 Å². The fourth-order valence-corrected chi connectivity index (χ4v) is 2.63. The molecule has 4 nitrogen and oxygen atoms in total. The third kappa shape index (κ3) is 1.74. The Kier molecular flexibility index (Phi) is 3.22. The van der Waals surface area contributed by atoms with Gasteiger partial charge in [0.05, 0.1) is 11.6 Å². The highest BCUT2D eigenvalue weighted by molar-refractivity contribution is 6.28. The molecular formula is C11H18ClN3O. The molecule has 0 spiro atoms. The second-order valence-electron chi connectivity index (χ2n) is 4.59. The van der Waals surface area contributed by atoms with Crippen LogP contribution in [0.5, 0.6) is 0 Å². The Labute approximate surface area is 101 Å². The van der Waals surface area contributed by atoms with E-state index in [1.54, 1.807) is 0 Å². The second kappa shape index (κ2) is 4.34. The van der Waals surface area contributed by atoms with E-state index in [0.29, 0.717) is 5.28 Å². The number of hydrogen-bond acceptors (Lipinski definition) is 3. The van der Waals surface area contributed by atoms with Crippen molar-refractivity contribution in [2.75, 3.05) is 6.61 Å². The fraction of sp³-hybridized carbons (Fsp3) is 0.818. The van der Waals surface area contributed by atoms with E-state index in [9.17, 15) is 0 Å². The summed E-state index contributed by atoms with van der Waals surface area (Å²) in [6, 6.07) is 0. The predicted octanol–water partition coefficient (Wildman–Crippen LogP) is 2.41. The molecule has 1 fully saturated rings. The predicted molar refractivity (Wildman–Crippen MR) is 62.7 cm³/mol. The zero-order chi connectivity index (χ0) is 11.8. The van der Waals surface area contributed by atoms with Gasteiger partial charge in [0.25, 0.3) is 0 Å². The molecule has 0 aliphatic carbocycles. The molecule has 0 aromatic carbocycles. The van der Waals surface area contributed by atoms with Crippen molar-refractivity contribution in [3.8, 4) is 0 Å². The maximum absolute atomic E-state index is 6.15. The summed E-state index contributed by atoms with van der Waals surface area (Å²) in [5.74, 6) is 0.965. The summed E-state index contributed by atoms with van der Waals surface area (Å²) in [5, 5.41) is 8.61. The SMILES string of the molecule is CCCc1nnc(Cl)n1C1(C)CCOC1C. The van der Waals surface area contributed by atoms with Gasteiger partial charge in [-0.25, -0.2) is 0 Å². The molecule has 16 heavy (non-hydrogen) atoms. The van der Waals surface area contributed by atoms with Crippen LogP contribution in [0, 0.1) is 0 Å². The lowest BCUT2D eigenvalue weighted by atomic mass is 9.94. The topological polar surface area (TPSA) is 39.9 Å². The van der Waals surface area contributed by atoms with Gasteiger partial charge in [0, 0.05) is 13.0 Å². The van der Waals surface area contributed by atoms with Crippen LogP contribution >= 0.6 is 11.6 Å². The maximum atomic E-state index is 6.15. The lowest BCUT2D eigenvalue weighted by molar-refractivity contribution is 0.0747. The molecule has 0 bridgehead atoms. The number of aromatic nitrogens is 3. The van der Waals surface area contributed by atoms with Gasteiger partial charge in [0.1, 0.15) is 5.82 Å². The molecule has 1 aromatic heterocycles. The van der Waals surface area contributed by atoms with Crippen molar-refractivity contribution in [1.29, 1.82) is 0 Å². The molecule has 1 saturated heterocycles. The van der Waals surface area contributed by atoms with E-state index in [4.69, 9.17) is 16.3 Å². The number of halogens is 1. The quantitative estimate of drug-likeness (QED) is 0.819. The van der Waals surface area contributed by atoms with Gasteiger partial charge < -0.3 is 4.74 Å². The number of ether oxygens (including phenoxy) is 1. The third-order valence-corrected chi connectivity index (χ3v) is 3.77. The molecule has 0 saturated carbocycles. The van der Waals surface area contributed by atoms with Crippen LogP contribution < -0.4 is 0 Å². The first-order valence-corrected chi connectivity index (χ1v) is 6.19. The van der Waals surface area contributed by atoms with Crippen LogP contribution in [-0.2, 0) is 16.7 Å². The van der Waals surface area contributed by atoms with E-state index in [-0.39, 0.29) is 11.6 Å². The van der Waals surface area contributed by atoms with Gasteiger partial charge in [-0.1, -0.05) is 6.92 Å². The summed E-state index contributed by atoms with van der Waals surface area (Å²) in [6.07, 6.45) is 3.06. The molecule has 0 N–H and O–H groups in total. The summed E-state index contributed by atoms with van der Waals surface area (Å²) in [7, 11) is 0. The van der Waals surface area contributed by atoms with Gasteiger partial charge in [-0.3, -0.25) is 4.57 Å². The Morgan fingerprint density at radius 3 is 2.88 bits per heavy atom. The van der Waals surface area contributed by atoms with Crippen LogP contribution in [0.4, 0.5) is 0 Å². The molecule has 2 unspecified atom stereocenters. The molecule has 5 heteroatoms. The average molecular weight is 244 g/mol. The van der Waals surface area contributed by atoms with Crippen molar-refractivity contribution in [3.05, 3.63) is 11.1 Å². The summed E-state index contributed by atoms with van der Waals surface area (Å²) in [4.78, 5) is 0. The number of rotatable bonds is 3. The Morgan fingerprint density at radius 1 is 1.56 bits per heavy atom. The average Bonchev–Trinajstić information content (AvgIpc) is 2.74. The van der Waals surface area contributed by atoms with Gasteiger partial charge >= 0.3 is 0 Å². The zero-order valence-corrected chi connectivity index (χ0v) is 10.8. The van der Waals surface area contributed by atoms with Crippen LogP contribution in [0.15, 0.2) is 0 Å². The van der Waals surface area contributed by atoms with Crippen molar-refractivity contribution in [1.82, 2.24) is 14.8 Å². The minimum absolute atomic E-state index is 0.106. The van der Waals surface area contributed by atoms with Gasteiger partial charge in [0.2, 0.25) is 5.28 Å². The Hall–Kier alpha value is -0.610. The first-order valence-electron chi connectivity index (χ1n) is 5.81. The van der Waals surface area contributed by atoms with Gasteiger partial charge in [-0.15, -0.1) is 10.2 Å². The Morgan fingerprint density at radius 2 is 2.31 bits per heavy atom. The molecular weight excluding hydrogens is 226 g/mol. The summed E-state index contributed by atoms with van der Waals surface area (Å²) < 4.78 is 7.70. The summed E-state index contributed by atoms with van der Waals surface area (Å²) in [5.41, 5.74) is -0.106. The fourth-order valence-electron chi connectivity index (χ4n) is 2.30. The van der Waals surface area contributed by atoms with Crippen LogP contribution in [0.1, 0.15) is 39.4 Å². The Bertz CT molecular complexity index is 379. The van der Waals surface area contributed by atoms with Crippen molar-refractivity contribution < 1.29 is 4.74 Å². The van der Waals surface area contributed by atoms with Crippen molar-refractivity contribution in [2.24, 2.45) is 0 Å². The number of aryl methyl sites for hydroxylation is 1. The molecule has 90 valence electrons. The lowest BCUT2D eigenvalue weighted by Crippen LogP contribution is -2.38. The first kappa shape index (κ1) is 11.9. The highest BCUT2D eigenvalue weighted by Crippen LogP contribution is 2.36. The standard InChI is InChI=1S/C11H18ClN3O/c1-4-5-9-13-14-10(12)15(9)11(3)6-7-16-8(11)2/h8H,4-7H2,1-3H3. The van der Waals surface area contributed by atoms with Gasteiger partial charge in [-0.05, 0) is 38.3 Å². The minimum Gasteiger partial charge on any atom is -0.376 e. The molecule has 1 aliphatic rings. The van der Waals surface area contributed by atoms with E-state index >= 15 is 0 Å². The molecule has 2 rings (SSSR count). The van der Waals surface area contributed by atoms with Gasteiger partial charge in [0.15, 0.2) is 0 Å². The minimum atomic E-state index is -0.106. The van der Waals surface area contributed by atoms with E-state index in [1.807, 2.05) is 0 Å². The van der Waals surface area contributed by atoms with E-state index in [1.165, 1.54) is 0 Å². The maximum Gasteiger partial charge on any atom is 0.225 e. The normalized spacial score (nSPS) is 29.9. The zero-order valence-electron chi connectivity index (χ0n) is 10.0. The lowest BCUT2D eigenvalue weighted by Gasteiger charge is -2.30. The highest BCUT2D eigenvalue weighted by Gasteiger charge is 2.41. The smallest absolute Gasteiger partial charge is 0.225 e. The monoisotopic (exact) mass is 243 g/mol. The first-order chi connectivity index (χ1) is 7.59. The van der Waals surface area contributed by atoms with Crippen molar-refractivity contribution in [2.45, 2.75) is 51.7 Å².